The topological polar surface area (TPSA) is 72.2 Å². The summed E-state index contributed by atoms with van der Waals surface area (Å²) in [6.45, 7) is 2.50. The number of hydrogen-bond donors (Lipinski definition) is 1. The summed E-state index contributed by atoms with van der Waals surface area (Å²) in [4.78, 5) is 12.2. The van der Waals surface area contributed by atoms with Gasteiger partial charge in [-0.3, -0.25) is 4.79 Å². The molecule has 29 heavy (non-hydrogen) atoms. The number of amides is 1. The molecule has 8 heteroatoms. The van der Waals surface area contributed by atoms with Gasteiger partial charge in [0.2, 0.25) is 11.1 Å². The summed E-state index contributed by atoms with van der Waals surface area (Å²) in [5, 5.41) is 16.2. The van der Waals surface area contributed by atoms with Crippen LogP contribution in [0.1, 0.15) is 11.1 Å². The molecule has 0 bridgehead atoms. The van der Waals surface area contributed by atoms with Crippen molar-refractivity contribution in [3.05, 3.63) is 77.6 Å². The minimum atomic E-state index is -0.299. The fourth-order valence-corrected chi connectivity index (χ4v) is 3.44. The predicted octanol–water partition coefficient (Wildman–Crippen LogP) is 3.65. The molecule has 146 valence electrons. The quantitative estimate of drug-likeness (QED) is 0.494. The van der Waals surface area contributed by atoms with Gasteiger partial charge in [0.15, 0.2) is 5.65 Å². The number of hydrogen-bond acceptors (Lipinski definition) is 5. The maximum absolute atomic E-state index is 13.1. The maximum atomic E-state index is 13.1. The van der Waals surface area contributed by atoms with Crippen molar-refractivity contribution in [3.63, 3.8) is 0 Å². The van der Waals surface area contributed by atoms with Gasteiger partial charge in [0.05, 0.1) is 11.4 Å². The van der Waals surface area contributed by atoms with Gasteiger partial charge >= 0.3 is 0 Å². The fraction of sp³-hybridized carbons (Fsp3) is 0.143. The number of nitrogens with zero attached hydrogens (tertiary/aromatic N) is 4. The third-order valence-electron chi connectivity index (χ3n) is 4.32. The van der Waals surface area contributed by atoms with Crippen LogP contribution < -0.4 is 5.32 Å². The highest BCUT2D eigenvalue weighted by Crippen LogP contribution is 2.21. The number of carbonyl (C=O) groups excluding carboxylic acids is 1. The van der Waals surface area contributed by atoms with Crippen LogP contribution in [0.2, 0.25) is 0 Å². The Labute approximate surface area is 171 Å². The highest BCUT2D eigenvalue weighted by atomic mass is 32.2. The van der Waals surface area contributed by atoms with Crippen LogP contribution in [-0.4, -0.2) is 31.5 Å². The monoisotopic (exact) mass is 407 g/mol. The number of rotatable bonds is 6. The van der Waals surface area contributed by atoms with Crippen molar-refractivity contribution >= 4 is 23.3 Å². The molecule has 0 radical (unpaired) electrons. The van der Waals surface area contributed by atoms with E-state index in [1.165, 1.54) is 29.5 Å². The molecule has 2 heterocycles. The zero-order valence-corrected chi connectivity index (χ0v) is 16.5. The van der Waals surface area contributed by atoms with E-state index in [0.717, 1.165) is 11.1 Å². The van der Waals surface area contributed by atoms with E-state index in [9.17, 15) is 9.18 Å². The van der Waals surface area contributed by atoms with E-state index < -0.39 is 0 Å². The number of halogens is 1. The van der Waals surface area contributed by atoms with Crippen LogP contribution >= 0.6 is 11.8 Å². The lowest BCUT2D eigenvalue weighted by molar-refractivity contribution is -0.118. The van der Waals surface area contributed by atoms with Crippen LogP contribution in [0.25, 0.3) is 16.9 Å². The van der Waals surface area contributed by atoms with Crippen LogP contribution in [0.15, 0.2) is 65.8 Å². The van der Waals surface area contributed by atoms with Crippen molar-refractivity contribution in [1.29, 1.82) is 0 Å². The molecule has 1 amide bonds. The summed E-state index contributed by atoms with van der Waals surface area (Å²) < 4.78 is 14.7. The Kier molecular flexibility index (Phi) is 5.53. The zero-order chi connectivity index (χ0) is 20.2. The van der Waals surface area contributed by atoms with Crippen LogP contribution in [-0.2, 0) is 11.3 Å². The molecule has 4 aromatic rings. The van der Waals surface area contributed by atoms with Crippen molar-refractivity contribution in [2.24, 2.45) is 0 Å². The molecule has 4 rings (SSSR count). The highest BCUT2D eigenvalue weighted by molar-refractivity contribution is 7.99. The molecule has 0 saturated heterocycles. The Morgan fingerprint density at radius 3 is 2.55 bits per heavy atom. The maximum Gasteiger partial charge on any atom is 0.230 e. The smallest absolute Gasteiger partial charge is 0.230 e. The Morgan fingerprint density at radius 2 is 1.79 bits per heavy atom. The average molecular weight is 407 g/mol. The summed E-state index contributed by atoms with van der Waals surface area (Å²) in [5.41, 5.74) is 4.27. The number of benzene rings is 2. The summed E-state index contributed by atoms with van der Waals surface area (Å²) in [7, 11) is 0. The second kappa shape index (κ2) is 8.40. The highest BCUT2D eigenvalue weighted by Gasteiger charge is 2.12. The standard InChI is InChI=1S/C21H18FN5OS/c1-14-2-4-15(5-3-14)12-23-20(28)13-29-21-25-24-19-11-10-18(26-27(19)21)16-6-8-17(22)9-7-16/h2-11H,12-13H2,1H3,(H,23,28). The molecule has 2 aromatic carbocycles. The third-order valence-corrected chi connectivity index (χ3v) is 5.24. The molecule has 1 N–H and O–H groups in total. The summed E-state index contributed by atoms with van der Waals surface area (Å²) in [6.07, 6.45) is 0. The first-order valence-corrected chi connectivity index (χ1v) is 10.0. The molecule has 0 aliphatic rings. The molecule has 0 saturated carbocycles. The van der Waals surface area contributed by atoms with Gasteiger partial charge < -0.3 is 5.32 Å². The molecular weight excluding hydrogens is 389 g/mol. The number of aromatic nitrogens is 4. The second-order valence-corrected chi connectivity index (χ2v) is 7.47. The normalized spacial score (nSPS) is 11.0. The largest absolute Gasteiger partial charge is 0.351 e. The van der Waals surface area contributed by atoms with Crippen molar-refractivity contribution in [3.8, 4) is 11.3 Å². The lowest BCUT2D eigenvalue weighted by Gasteiger charge is -2.06. The first-order valence-electron chi connectivity index (χ1n) is 9.02. The average Bonchev–Trinajstić information content (AvgIpc) is 3.14. The third kappa shape index (κ3) is 4.60. The van der Waals surface area contributed by atoms with Gasteiger partial charge in [0, 0.05) is 12.1 Å². The number of fused-ring (bicyclic) bond motifs is 1. The van der Waals surface area contributed by atoms with Crippen LogP contribution in [0.4, 0.5) is 4.39 Å². The van der Waals surface area contributed by atoms with Crippen LogP contribution in [0.5, 0.6) is 0 Å². The van der Waals surface area contributed by atoms with Gasteiger partial charge in [0.25, 0.3) is 0 Å². The van der Waals surface area contributed by atoms with Crippen molar-refractivity contribution < 1.29 is 9.18 Å². The Bertz CT molecular complexity index is 1140. The second-order valence-electron chi connectivity index (χ2n) is 6.53. The fourth-order valence-electron chi connectivity index (χ4n) is 2.72. The number of carbonyl (C=O) groups is 1. The van der Waals surface area contributed by atoms with Crippen LogP contribution in [0, 0.1) is 12.7 Å². The van der Waals surface area contributed by atoms with Gasteiger partial charge in [-0.05, 0) is 48.9 Å². The van der Waals surface area contributed by atoms with E-state index in [0.29, 0.717) is 23.0 Å². The molecule has 0 spiro atoms. The molecule has 6 nitrogen and oxygen atoms in total. The summed E-state index contributed by atoms with van der Waals surface area (Å²) in [6, 6.07) is 17.7. The van der Waals surface area contributed by atoms with E-state index >= 15 is 0 Å². The van der Waals surface area contributed by atoms with E-state index in [1.807, 2.05) is 31.2 Å². The van der Waals surface area contributed by atoms with Gasteiger partial charge in [0.1, 0.15) is 5.82 Å². The number of nitrogens with one attached hydrogen (secondary N) is 1. The minimum Gasteiger partial charge on any atom is -0.351 e. The first-order chi connectivity index (χ1) is 14.1. The van der Waals surface area contributed by atoms with E-state index in [1.54, 1.807) is 28.8 Å². The predicted molar refractivity (Wildman–Crippen MR) is 110 cm³/mol. The van der Waals surface area contributed by atoms with Crippen LogP contribution in [0.3, 0.4) is 0 Å². The van der Waals surface area contributed by atoms with Gasteiger partial charge in [-0.1, -0.05) is 41.6 Å². The molecular formula is C21H18FN5OS. The Balaban J connectivity index is 1.42. The summed E-state index contributed by atoms with van der Waals surface area (Å²) in [5.74, 6) is -0.191. The molecule has 0 aliphatic heterocycles. The minimum absolute atomic E-state index is 0.0954. The van der Waals surface area contributed by atoms with Gasteiger partial charge in [-0.25, -0.2) is 4.39 Å². The number of aryl methyl sites for hydroxylation is 1. The lowest BCUT2D eigenvalue weighted by Crippen LogP contribution is -2.24. The Morgan fingerprint density at radius 1 is 1.03 bits per heavy atom. The van der Waals surface area contributed by atoms with E-state index in [-0.39, 0.29) is 17.5 Å². The van der Waals surface area contributed by atoms with Gasteiger partial charge in [-0.2, -0.15) is 9.61 Å². The summed E-state index contributed by atoms with van der Waals surface area (Å²) >= 11 is 1.26. The Hall–Kier alpha value is -3.26. The van der Waals surface area contributed by atoms with Crippen molar-refractivity contribution in [2.45, 2.75) is 18.6 Å². The van der Waals surface area contributed by atoms with E-state index in [4.69, 9.17) is 0 Å². The van der Waals surface area contributed by atoms with Gasteiger partial charge in [-0.15, -0.1) is 10.2 Å². The van der Waals surface area contributed by atoms with Crippen molar-refractivity contribution in [1.82, 2.24) is 25.1 Å². The zero-order valence-electron chi connectivity index (χ0n) is 15.7. The lowest BCUT2D eigenvalue weighted by atomic mass is 10.1. The van der Waals surface area contributed by atoms with E-state index in [2.05, 4.69) is 20.6 Å². The SMILES string of the molecule is Cc1ccc(CNC(=O)CSc2nnc3ccc(-c4ccc(F)cc4)nn23)cc1. The molecule has 2 aromatic heterocycles. The molecule has 0 atom stereocenters. The number of thioether (sulfide) groups is 1. The molecule has 0 unspecified atom stereocenters. The molecule has 0 fully saturated rings. The molecule has 0 aliphatic carbocycles. The van der Waals surface area contributed by atoms with Crippen molar-refractivity contribution in [2.75, 3.05) is 5.75 Å². The first kappa shape index (κ1) is 19.1.